The number of fused-ring (bicyclic) bond motifs is 1. The Balaban J connectivity index is 0.000000947. The molecular weight excluding hydrogens is 552 g/mol. The number of ether oxygens (including phenoxy) is 2. The van der Waals surface area contributed by atoms with E-state index in [2.05, 4.69) is 66.3 Å². The summed E-state index contributed by atoms with van der Waals surface area (Å²) in [5.41, 5.74) is 11.9. The topological polar surface area (TPSA) is 154 Å². The van der Waals surface area contributed by atoms with Gasteiger partial charge in [-0.1, -0.05) is 75.2 Å². The van der Waals surface area contributed by atoms with Crippen molar-refractivity contribution in [3.05, 3.63) is 83.0 Å². The van der Waals surface area contributed by atoms with Crippen LogP contribution < -0.4 is 10.5 Å². The Morgan fingerprint density at radius 2 is 1.67 bits per heavy atom. The number of aryl methyl sites for hydroxylation is 1. The van der Waals surface area contributed by atoms with Gasteiger partial charge in [-0.2, -0.15) is 5.26 Å². The molecule has 0 aliphatic carbocycles. The predicted octanol–water partition coefficient (Wildman–Crippen LogP) is 5.29. The van der Waals surface area contributed by atoms with Crippen LogP contribution in [0.25, 0.3) is 22.0 Å². The maximum absolute atomic E-state index is 9.79. The van der Waals surface area contributed by atoms with Gasteiger partial charge >= 0.3 is 0 Å². The fourth-order valence-electron chi connectivity index (χ4n) is 4.25. The van der Waals surface area contributed by atoms with E-state index in [-0.39, 0.29) is 24.6 Å². The smallest absolute Gasteiger partial charge is 0.220 e. The highest BCUT2D eigenvalue weighted by Gasteiger charge is 2.25. The monoisotopic (exact) mass is 591 g/mol. The van der Waals surface area contributed by atoms with Crippen LogP contribution in [0, 0.1) is 18.3 Å². The maximum Gasteiger partial charge on any atom is 0.220 e. The third kappa shape index (κ3) is 9.33. The molecule has 0 spiro atoms. The van der Waals surface area contributed by atoms with Crippen LogP contribution in [-0.2, 0) is 21.2 Å². The third-order valence-corrected chi connectivity index (χ3v) is 6.36. The molecule has 3 N–H and O–H groups in total. The van der Waals surface area contributed by atoms with Gasteiger partial charge in [0.25, 0.3) is 0 Å². The summed E-state index contributed by atoms with van der Waals surface area (Å²) < 4.78 is 29.1. The van der Waals surface area contributed by atoms with Gasteiger partial charge in [0.05, 0.1) is 30.9 Å². The summed E-state index contributed by atoms with van der Waals surface area (Å²) in [6.45, 7) is 11.2. The lowest BCUT2D eigenvalue weighted by molar-refractivity contribution is 0.0703. The average molecular weight is 592 g/mol. The number of aromatic nitrogens is 2. The van der Waals surface area contributed by atoms with E-state index in [1.807, 2.05) is 39.0 Å². The molecule has 1 aromatic heterocycles. The summed E-state index contributed by atoms with van der Waals surface area (Å²) in [6.07, 6.45) is 2.82. The number of aliphatic hydroxyl groups excluding tert-OH is 1. The van der Waals surface area contributed by atoms with Gasteiger partial charge in [-0.15, -0.1) is 0 Å². The minimum atomic E-state index is -1.86. The lowest BCUT2D eigenvalue weighted by Gasteiger charge is -2.28. The van der Waals surface area contributed by atoms with E-state index in [1.165, 1.54) is 0 Å². The second-order valence-electron chi connectivity index (χ2n) is 9.57. The van der Waals surface area contributed by atoms with Crippen molar-refractivity contribution in [1.82, 2.24) is 9.97 Å². The standard InChI is InChI=1S/C29H30N4O3.C2H6.CH4O2S/c1-19-14-25(16-22(17-30)27(19)36-13-12-35-11-10-34)29(2,3)24-7-4-20(5-8-24)21-6-9-26-23(15-21)18-32-28(31)33-26;1-2;1-4(2)3/h4-9,14-16,18,34H,10-13H2,1-3H3,(H2,31,32,33);1-2H3;1H3,(H,2,3)/p-1. The van der Waals surface area contributed by atoms with Crippen LogP contribution in [0.15, 0.2) is 60.8 Å². The van der Waals surface area contributed by atoms with Crippen LogP contribution >= 0.6 is 0 Å². The van der Waals surface area contributed by atoms with Gasteiger partial charge in [0.2, 0.25) is 5.95 Å². The van der Waals surface area contributed by atoms with Gasteiger partial charge in [0, 0.05) is 17.0 Å². The first-order valence-electron chi connectivity index (χ1n) is 13.6. The van der Waals surface area contributed by atoms with Crippen LogP contribution in [0.2, 0.25) is 0 Å². The maximum atomic E-state index is 9.79. The molecule has 1 atom stereocenters. The van der Waals surface area contributed by atoms with Crippen molar-refractivity contribution in [3.63, 3.8) is 0 Å². The second-order valence-corrected chi connectivity index (χ2v) is 10.4. The van der Waals surface area contributed by atoms with E-state index in [4.69, 9.17) is 29.1 Å². The van der Waals surface area contributed by atoms with E-state index in [0.717, 1.165) is 45.0 Å². The van der Waals surface area contributed by atoms with Gasteiger partial charge in [0.1, 0.15) is 18.4 Å². The Bertz CT molecular complexity index is 1510. The molecule has 0 amide bonds. The third-order valence-electron chi connectivity index (χ3n) is 6.36. The number of anilines is 1. The van der Waals surface area contributed by atoms with Crippen LogP contribution in [-0.4, -0.2) is 56.5 Å². The molecule has 224 valence electrons. The molecule has 0 radical (unpaired) electrons. The molecule has 0 aliphatic rings. The molecule has 9 nitrogen and oxygen atoms in total. The number of hydrogen-bond acceptors (Lipinski definition) is 9. The highest BCUT2D eigenvalue weighted by Crippen LogP contribution is 2.37. The van der Waals surface area contributed by atoms with E-state index in [0.29, 0.717) is 24.5 Å². The van der Waals surface area contributed by atoms with Gasteiger partial charge in [-0.05, 0) is 59.2 Å². The Kier molecular flexibility index (Phi) is 13.5. The molecule has 1 heterocycles. The highest BCUT2D eigenvalue weighted by atomic mass is 32.2. The van der Waals surface area contributed by atoms with Crippen molar-refractivity contribution in [1.29, 1.82) is 5.26 Å². The highest BCUT2D eigenvalue weighted by molar-refractivity contribution is 7.78. The molecular formula is C32H39N4O5S-. The summed E-state index contributed by atoms with van der Waals surface area (Å²) in [4.78, 5) is 8.36. The lowest BCUT2D eigenvalue weighted by Crippen LogP contribution is -2.20. The van der Waals surface area contributed by atoms with Crippen molar-refractivity contribution in [3.8, 4) is 22.9 Å². The van der Waals surface area contributed by atoms with Crippen molar-refractivity contribution in [2.45, 2.75) is 40.0 Å². The molecule has 4 rings (SSSR count). The molecule has 0 saturated heterocycles. The SMILES string of the molecule is CC.CS(=O)[O-].Cc1cc(C(C)(C)c2ccc(-c3ccc4nc(N)ncc4c3)cc2)cc(C#N)c1OCCOCCO. The van der Waals surface area contributed by atoms with Crippen molar-refractivity contribution >= 4 is 27.9 Å². The lowest BCUT2D eigenvalue weighted by atomic mass is 9.76. The van der Waals surface area contributed by atoms with Gasteiger partial charge in [0.15, 0.2) is 0 Å². The first kappa shape index (κ1) is 34.3. The zero-order valence-electron chi connectivity index (χ0n) is 25.0. The van der Waals surface area contributed by atoms with Gasteiger partial charge in [-0.25, -0.2) is 9.97 Å². The molecule has 0 saturated carbocycles. The van der Waals surface area contributed by atoms with Crippen LogP contribution in [0.1, 0.15) is 49.9 Å². The van der Waals surface area contributed by atoms with E-state index >= 15 is 0 Å². The first-order chi connectivity index (χ1) is 20.1. The van der Waals surface area contributed by atoms with Crippen LogP contribution in [0.4, 0.5) is 5.95 Å². The summed E-state index contributed by atoms with van der Waals surface area (Å²) >= 11 is -1.86. The minimum Gasteiger partial charge on any atom is -0.773 e. The molecule has 0 aliphatic heterocycles. The number of benzene rings is 3. The quantitative estimate of drug-likeness (QED) is 0.195. The molecule has 10 heteroatoms. The Morgan fingerprint density at radius 3 is 2.29 bits per heavy atom. The van der Waals surface area contributed by atoms with E-state index in [9.17, 15) is 5.26 Å². The largest absolute Gasteiger partial charge is 0.773 e. The predicted molar refractivity (Wildman–Crippen MR) is 167 cm³/mol. The summed E-state index contributed by atoms with van der Waals surface area (Å²) in [5.74, 6) is 0.838. The number of nitrogens with two attached hydrogens (primary N) is 1. The number of aliphatic hydroxyl groups is 1. The van der Waals surface area contributed by atoms with E-state index in [1.54, 1.807) is 6.20 Å². The molecule has 0 fully saturated rings. The Hall–Kier alpha value is -3.88. The normalized spacial score (nSPS) is 11.4. The minimum absolute atomic E-state index is 0.0278. The number of rotatable bonds is 9. The zero-order valence-corrected chi connectivity index (χ0v) is 25.8. The summed E-state index contributed by atoms with van der Waals surface area (Å²) in [7, 11) is 0. The average Bonchev–Trinajstić information content (AvgIpc) is 2.98. The van der Waals surface area contributed by atoms with Crippen molar-refractivity contribution < 1.29 is 23.3 Å². The molecule has 4 aromatic rings. The van der Waals surface area contributed by atoms with Crippen molar-refractivity contribution in [2.24, 2.45) is 0 Å². The summed E-state index contributed by atoms with van der Waals surface area (Å²) in [5, 5.41) is 19.5. The van der Waals surface area contributed by atoms with E-state index < -0.39 is 11.1 Å². The van der Waals surface area contributed by atoms with Crippen LogP contribution in [0.5, 0.6) is 5.75 Å². The summed E-state index contributed by atoms with van der Waals surface area (Å²) in [6, 6.07) is 20.8. The zero-order chi connectivity index (χ0) is 31.3. The molecule has 42 heavy (non-hydrogen) atoms. The fraction of sp³-hybridized carbons (Fsp3) is 0.344. The second kappa shape index (κ2) is 16.5. The first-order valence-corrected chi connectivity index (χ1v) is 15.1. The number of nitrogens with zero attached hydrogens (tertiary/aromatic N) is 3. The Labute approximate surface area is 250 Å². The Morgan fingerprint density at radius 1 is 1.02 bits per heavy atom. The molecule has 0 bridgehead atoms. The number of nitriles is 1. The van der Waals surface area contributed by atoms with Crippen LogP contribution in [0.3, 0.4) is 0 Å². The molecule has 3 aromatic carbocycles. The van der Waals surface area contributed by atoms with Gasteiger partial charge in [-0.3, -0.25) is 4.21 Å². The molecule has 1 unspecified atom stereocenters. The van der Waals surface area contributed by atoms with Crippen molar-refractivity contribution in [2.75, 3.05) is 38.4 Å². The fourth-order valence-corrected chi connectivity index (χ4v) is 4.25. The number of nitrogen functional groups attached to an aromatic ring is 1. The van der Waals surface area contributed by atoms with Gasteiger partial charge < -0.3 is 24.9 Å². The number of hydrogen-bond donors (Lipinski definition) is 2.